The monoisotopic (exact) mass is 366 g/mol. The number of hydrogen-bond acceptors (Lipinski definition) is 5. The molecule has 27 heavy (non-hydrogen) atoms. The molecule has 0 N–H and O–H groups in total. The molecule has 0 saturated carbocycles. The van der Waals surface area contributed by atoms with Crippen molar-refractivity contribution in [3.05, 3.63) is 69.5 Å². The van der Waals surface area contributed by atoms with Crippen molar-refractivity contribution in [2.24, 2.45) is 0 Å². The summed E-state index contributed by atoms with van der Waals surface area (Å²) in [5.74, 6) is -0.0556. The van der Waals surface area contributed by atoms with E-state index in [9.17, 15) is 14.4 Å². The molecule has 0 aliphatic carbocycles. The number of rotatable bonds is 5. The van der Waals surface area contributed by atoms with Crippen LogP contribution in [0.25, 0.3) is 6.08 Å². The van der Waals surface area contributed by atoms with Crippen LogP contribution in [0.2, 0.25) is 0 Å². The summed E-state index contributed by atoms with van der Waals surface area (Å²) in [6.45, 7) is 3.28. The van der Waals surface area contributed by atoms with E-state index in [1.54, 1.807) is 41.8 Å². The van der Waals surface area contributed by atoms with Crippen LogP contribution in [-0.2, 0) is 16.1 Å². The molecular weight excluding hydrogens is 344 g/mol. The number of fused-ring (bicyclic) bond motifs is 1. The van der Waals surface area contributed by atoms with Crippen LogP contribution in [0.4, 0.5) is 5.82 Å². The van der Waals surface area contributed by atoms with Crippen molar-refractivity contribution in [2.45, 2.75) is 19.9 Å². The van der Waals surface area contributed by atoms with Crippen LogP contribution in [0.1, 0.15) is 34.8 Å². The molecule has 2 aromatic rings. The van der Waals surface area contributed by atoms with Crippen molar-refractivity contribution in [3.8, 4) is 0 Å². The minimum absolute atomic E-state index is 0.154. The van der Waals surface area contributed by atoms with Gasteiger partial charge in [-0.2, -0.15) is 0 Å². The number of carbonyl (C=O) groups excluding carboxylic acids is 2. The fourth-order valence-corrected chi connectivity index (χ4v) is 3.25. The van der Waals surface area contributed by atoms with Crippen LogP contribution < -0.4 is 10.5 Å². The largest absolute Gasteiger partial charge is 0.463 e. The second-order valence-electron chi connectivity index (χ2n) is 6.35. The van der Waals surface area contributed by atoms with E-state index in [-0.39, 0.29) is 17.9 Å². The molecule has 1 aromatic heterocycles. The summed E-state index contributed by atoms with van der Waals surface area (Å²) in [7, 11) is 1.88. The fraction of sp³-hybridized carbons (Fsp3) is 0.286. The third kappa shape index (κ3) is 3.84. The molecule has 2 heterocycles. The zero-order valence-corrected chi connectivity index (χ0v) is 15.5. The Bertz CT molecular complexity index is 945. The van der Waals surface area contributed by atoms with Gasteiger partial charge in [0, 0.05) is 37.3 Å². The molecule has 0 atom stereocenters. The molecular formula is C21H22N2O4. The molecule has 1 aliphatic heterocycles. The van der Waals surface area contributed by atoms with Gasteiger partial charge in [0.25, 0.3) is 5.56 Å². The first-order valence-corrected chi connectivity index (χ1v) is 8.96. The van der Waals surface area contributed by atoms with Gasteiger partial charge in [0.15, 0.2) is 5.78 Å². The normalized spacial score (nSPS) is 13.5. The van der Waals surface area contributed by atoms with Crippen molar-refractivity contribution in [2.75, 3.05) is 25.1 Å². The summed E-state index contributed by atoms with van der Waals surface area (Å²) in [6.07, 6.45) is 3.45. The number of benzene rings is 1. The predicted molar refractivity (Wildman–Crippen MR) is 104 cm³/mol. The summed E-state index contributed by atoms with van der Waals surface area (Å²) in [4.78, 5) is 39.5. The Morgan fingerprint density at radius 1 is 1.19 bits per heavy atom. The Morgan fingerprint density at radius 3 is 2.63 bits per heavy atom. The van der Waals surface area contributed by atoms with E-state index in [0.29, 0.717) is 29.1 Å². The minimum Gasteiger partial charge on any atom is -0.463 e. The summed E-state index contributed by atoms with van der Waals surface area (Å²) < 4.78 is 6.49. The molecule has 6 nitrogen and oxygen atoms in total. The van der Waals surface area contributed by atoms with Gasteiger partial charge in [-0.25, -0.2) is 4.79 Å². The third-order valence-corrected chi connectivity index (χ3v) is 4.49. The highest BCUT2D eigenvalue weighted by Gasteiger charge is 2.25. The van der Waals surface area contributed by atoms with Crippen molar-refractivity contribution < 1.29 is 14.3 Å². The number of pyridine rings is 1. The van der Waals surface area contributed by atoms with Crippen molar-refractivity contribution in [1.82, 2.24) is 4.57 Å². The summed E-state index contributed by atoms with van der Waals surface area (Å²) in [5.41, 5.74) is 1.08. The average Bonchev–Trinajstić information content (AvgIpc) is 2.68. The number of nitrogens with zero attached hydrogens (tertiary/aromatic N) is 2. The smallest absolute Gasteiger partial charge is 0.330 e. The van der Waals surface area contributed by atoms with E-state index in [0.717, 1.165) is 13.0 Å². The number of anilines is 1. The first-order chi connectivity index (χ1) is 13.0. The van der Waals surface area contributed by atoms with Crippen molar-refractivity contribution in [1.29, 1.82) is 0 Å². The molecule has 1 aliphatic rings. The molecule has 140 valence electrons. The molecule has 3 rings (SSSR count). The lowest BCUT2D eigenvalue weighted by molar-refractivity contribution is -0.137. The summed E-state index contributed by atoms with van der Waals surface area (Å²) in [6, 6.07) is 10.5. The second kappa shape index (κ2) is 8.03. The van der Waals surface area contributed by atoms with Crippen molar-refractivity contribution >= 4 is 23.6 Å². The van der Waals surface area contributed by atoms with Crippen LogP contribution in [0.3, 0.4) is 0 Å². The molecule has 0 fully saturated rings. The third-order valence-electron chi connectivity index (χ3n) is 4.49. The Hall–Kier alpha value is -3.15. The van der Waals surface area contributed by atoms with Gasteiger partial charge in [0.2, 0.25) is 0 Å². The highest BCUT2D eigenvalue weighted by atomic mass is 16.5. The Labute approximate surface area is 157 Å². The molecule has 0 unspecified atom stereocenters. The molecule has 6 heteroatoms. The van der Waals surface area contributed by atoms with E-state index in [1.165, 1.54) is 12.2 Å². The van der Waals surface area contributed by atoms with Crippen LogP contribution in [0.5, 0.6) is 0 Å². The molecule has 0 radical (unpaired) electrons. The maximum Gasteiger partial charge on any atom is 0.330 e. The number of carbonyl (C=O) groups is 2. The van der Waals surface area contributed by atoms with Gasteiger partial charge in [-0.3, -0.25) is 14.2 Å². The maximum absolute atomic E-state index is 13.1. The highest BCUT2D eigenvalue weighted by molar-refractivity contribution is 6.12. The summed E-state index contributed by atoms with van der Waals surface area (Å²) >= 11 is 0. The van der Waals surface area contributed by atoms with Gasteiger partial charge >= 0.3 is 5.97 Å². The number of ether oxygens (including phenoxy) is 1. The molecule has 0 amide bonds. The van der Waals surface area contributed by atoms with E-state index in [4.69, 9.17) is 4.74 Å². The number of esters is 1. The maximum atomic E-state index is 13.1. The molecule has 0 saturated heterocycles. The van der Waals surface area contributed by atoms with Crippen molar-refractivity contribution in [3.63, 3.8) is 0 Å². The lowest BCUT2D eigenvalue weighted by Crippen LogP contribution is -2.37. The van der Waals surface area contributed by atoms with Crippen LogP contribution >= 0.6 is 0 Å². The Kier molecular flexibility index (Phi) is 5.54. The van der Waals surface area contributed by atoms with Gasteiger partial charge in [0.1, 0.15) is 5.82 Å². The van der Waals surface area contributed by atoms with Crippen LogP contribution in [0.15, 0.2) is 47.3 Å². The number of hydrogen-bond donors (Lipinski definition) is 0. The van der Waals surface area contributed by atoms with Crippen LogP contribution in [-0.4, -0.2) is 36.5 Å². The predicted octanol–water partition coefficient (Wildman–Crippen LogP) is 2.50. The quantitative estimate of drug-likeness (QED) is 0.462. The fourth-order valence-electron chi connectivity index (χ4n) is 3.25. The molecule has 0 spiro atoms. The SMILES string of the molecule is CCOC(=O)/C=C/c1cc(C(=O)c2ccccc2)c2n(c1=O)CCCN2C. The van der Waals surface area contributed by atoms with Gasteiger partial charge in [-0.15, -0.1) is 0 Å². The topological polar surface area (TPSA) is 68.6 Å². The van der Waals surface area contributed by atoms with E-state index < -0.39 is 5.97 Å². The first-order valence-electron chi connectivity index (χ1n) is 8.96. The number of ketones is 1. The summed E-state index contributed by atoms with van der Waals surface area (Å²) in [5, 5.41) is 0. The second-order valence-corrected chi connectivity index (χ2v) is 6.35. The van der Waals surface area contributed by atoms with Gasteiger partial charge in [0.05, 0.1) is 12.2 Å². The van der Waals surface area contributed by atoms with Crippen LogP contribution in [0, 0.1) is 0 Å². The number of aromatic nitrogens is 1. The Morgan fingerprint density at radius 2 is 1.93 bits per heavy atom. The minimum atomic E-state index is -0.521. The Balaban J connectivity index is 2.14. The zero-order valence-electron chi connectivity index (χ0n) is 15.5. The standard InChI is InChI=1S/C21H22N2O4/c1-3-27-18(24)11-10-16-14-17(19(25)15-8-5-4-6-9-15)20-22(2)12-7-13-23(20)21(16)26/h4-6,8-11,14H,3,7,12-13H2,1-2H3/b11-10+. The van der Waals surface area contributed by atoms with E-state index in [1.807, 2.05) is 18.0 Å². The molecule has 1 aromatic carbocycles. The van der Waals surface area contributed by atoms with E-state index in [2.05, 4.69) is 0 Å². The average molecular weight is 366 g/mol. The van der Waals surface area contributed by atoms with Gasteiger partial charge in [-0.1, -0.05) is 30.3 Å². The van der Waals surface area contributed by atoms with E-state index >= 15 is 0 Å². The van der Waals surface area contributed by atoms with Gasteiger partial charge < -0.3 is 9.64 Å². The lowest BCUT2D eigenvalue weighted by atomic mass is 10.0. The van der Waals surface area contributed by atoms with Gasteiger partial charge in [-0.05, 0) is 25.5 Å². The molecule has 0 bridgehead atoms. The highest BCUT2D eigenvalue weighted by Crippen LogP contribution is 2.26. The zero-order chi connectivity index (χ0) is 19.4. The first kappa shape index (κ1) is 18.6. The lowest BCUT2D eigenvalue weighted by Gasteiger charge is -2.31.